The lowest BCUT2D eigenvalue weighted by Crippen LogP contribution is -2.29. The maximum atomic E-state index is 13.1. The fraction of sp³-hybridized carbons (Fsp3) is 0.154. The first-order valence-electron chi connectivity index (χ1n) is 10.0. The highest BCUT2D eigenvalue weighted by Gasteiger charge is 2.46. The van der Waals surface area contributed by atoms with E-state index in [9.17, 15) is 14.7 Å². The SMILES string of the molecule is COc1ccc([C@H]2/C(=C(\O)c3ccc(C)cc3)C(=O)C(=O)N2Cc2ccccc2)cc1. The Balaban J connectivity index is 1.85. The molecule has 5 nitrogen and oxygen atoms in total. The van der Waals surface area contributed by atoms with E-state index in [1.54, 1.807) is 31.4 Å². The highest BCUT2D eigenvalue weighted by molar-refractivity contribution is 6.46. The van der Waals surface area contributed by atoms with Crippen molar-refractivity contribution in [1.29, 1.82) is 0 Å². The van der Waals surface area contributed by atoms with Gasteiger partial charge in [0.25, 0.3) is 11.7 Å². The number of aryl methyl sites for hydroxylation is 1. The summed E-state index contributed by atoms with van der Waals surface area (Å²) in [6.45, 7) is 2.20. The smallest absolute Gasteiger partial charge is 0.295 e. The molecule has 3 aromatic carbocycles. The topological polar surface area (TPSA) is 66.8 Å². The Kier molecular flexibility index (Phi) is 5.58. The monoisotopic (exact) mass is 413 g/mol. The Morgan fingerprint density at radius 1 is 0.935 bits per heavy atom. The van der Waals surface area contributed by atoms with Crippen LogP contribution in [0.25, 0.3) is 5.76 Å². The van der Waals surface area contributed by atoms with E-state index in [1.807, 2.05) is 61.5 Å². The summed E-state index contributed by atoms with van der Waals surface area (Å²) < 4.78 is 5.24. The van der Waals surface area contributed by atoms with Crippen molar-refractivity contribution >= 4 is 17.4 Å². The summed E-state index contributed by atoms with van der Waals surface area (Å²) in [5.74, 6) is -0.815. The molecule has 3 aromatic rings. The summed E-state index contributed by atoms with van der Waals surface area (Å²) in [5.41, 5.74) is 3.26. The number of aliphatic hydroxyl groups is 1. The fourth-order valence-corrected chi connectivity index (χ4v) is 3.82. The molecule has 1 fully saturated rings. The Hall–Kier alpha value is -3.86. The van der Waals surface area contributed by atoms with Crippen LogP contribution in [-0.4, -0.2) is 28.8 Å². The minimum atomic E-state index is -0.701. The van der Waals surface area contributed by atoms with Crippen LogP contribution in [0.3, 0.4) is 0 Å². The predicted octanol–water partition coefficient (Wildman–Crippen LogP) is 4.63. The third-order valence-corrected chi connectivity index (χ3v) is 5.49. The number of ether oxygens (including phenoxy) is 1. The van der Waals surface area contributed by atoms with E-state index >= 15 is 0 Å². The van der Waals surface area contributed by atoms with Crippen LogP contribution in [0.5, 0.6) is 5.75 Å². The van der Waals surface area contributed by atoms with Gasteiger partial charge in [0.05, 0.1) is 18.7 Å². The summed E-state index contributed by atoms with van der Waals surface area (Å²) in [6, 6.07) is 23.2. The minimum Gasteiger partial charge on any atom is -0.507 e. The maximum Gasteiger partial charge on any atom is 0.295 e. The van der Waals surface area contributed by atoms with Gasteiger partial charge < -0.3 is 14.7 Å². The Morgan fingerprint density at radius 2 is 1.58 bits per heavy atom. The predicted molar refractivity (Wildman–Crippen MR) is 118 cm³/mol. The number of likely N-dealkylation sites (tertiary alicyclic amines) is 1. The normalized spacial score (nSPS) is 17.7. The number of methoxy groups -OCH3 is 1. The molecule has 4 rings (SSSR count). The van der Waals surface area contributed by atoms with E-state index in [0.717, 1.165) is 16.7 Å². The highest BCUT2D eigenvalue weighted by Crippen LogP contribution is 2.40. The van der Waals surface area contributed by atoms with Gasteiger partial charge in [-0.05, 0) is 30.2 Å². The van der Waals surface area contributed by atoms with E-state index in [-0.39, 0.29) is 17.9 Å². The van der Waals surface area contributed by atoms with E-state index in [4.69, 9.17) is 4.74 Å². The van der Waals surface area contributed by atoms with Crippen LogP contribution < -0.4 is 4.74 Å². The number of Topliss-reactive ketones (excluding diaryl/α,β-unsaturated/α-hetero) is 1. The van der Waals surface area contributed by atoms with Gasteiger partial charge in [-0.15, -0.1) is 0 Å². The molecular formula is C26H23NO4. The summed E-state index contributed by atoms with van der Waals surface area (Å²) in [6.07, 6.45) is 0. The number of aliphatic hydroxyl groups excluding tert-OH is 1. The molecule has 0 saturated carbocycles. The molecule has 0 aliphatic carbocycles. The van der Waals surface area contributed by atoms with E-state index in [1.165, 1.54) is 4.90 Å². The van der Waals surface area contributed by atoms with Crippen molar-refractivity contribution in [3.05, 3.63) is 107 Å². The van der Waals surface area contributed by atoms with Gasteiger partial charge in [-0.1, -0.05) is 72.3 Å². The number of ketones is 1. The lowest BCUT2D eigenvalue weighted by atomic mass is 9.95. The van der Waals surface area contributed by atoms with Crippen LogP contribution in [0.2, 0.25) is 0 Å². The van der Waals surface area contributed by atoms with Crippen molar-refractivity contribution in [3.8, 4) is 5.75 Å². The number of nitrogens with zero attached hydrogens (tertiary/aromatic N) is 1. The molecule has 0 spiro atoms. The van der Waals surface area contributed by atoms with Crippen molar-refractivity contribution in [3.63, 3.8) is 0 Å². The molecule has 1 saturated heterocycles. The zero-order valence-corrected chi connectivity index (χ0v) is 17.4. The average Bonchev–Trinajstić information content (AvgIpc) is 3.05. The van der Waals surface area contributed by atoms with Crippen LogP contribution in [0.1, 0.15) is 28.3 Å². The van der Waals surface area contributed by atoms with Gasteiger partial charge in [0.1, 0.15) is 11.5 Å². The van der Waals surface area contributed by atoms with Crippen LogP contribution in [0, 0.1) is 6.92 Å². The van der Waals surface area contributed by atoms with Crippen molar-refractivity contribution in [1.82, 2.24) is 4.90 Å². The number of amides is 1. The molecule has 1 aliphatic heterocycles. The zero-order valence-electron chi connectivity index (χ0n) is 17.4. The van der Waals surface area contributed by atoms with Gasteiger partial charge in [0, 0.05) is 12.1 Å². The molecule has 156 valence electrons. The number of hydrogen-bond donors (Lipinski definition) is 1. The van der Waals surface area contributed by atoms with E-state index < -0.39 is 17.7 Å². The lowest BCUT2D eigenvalue weighted by Gasteiger charge is -2.25. The number of benzene rings is 3. The molecule has 1 amide bonds. The van der Waals surface area contributed by atoms with Crippen molar-refractivity contribution in [2.75, 3.05) is 7.11 Å². The fourth-order valence-electron chi connectivity index (χ4n) is 3.82. The quantitative estimate of drug-likeness (QED) is 0.376. The summed E-state index contributed by atoms with van der Waals surface area (Å²) in [7, 11) is 1.58. The Bertz CT molecular complexity index is 1130. The molecule has 1 N–H and O–H groups in total. The van der Waals surface area contributed by atoms with Gasteiger partial charge in [0.15, 0.2) is 0 Å². The molecule has 1 atom stereocenters. The van der Waals surface area contributed by atoms with Crippen LogP contribution in [0.4, 0.5) is 0 Å². The molecule has 0 radical (unpaired) electrons. The molecule has 31 heavy (non-hydrogen) atoms. The number of carbonyl (C=O) groups excluding carboxylic acids is 2. The average molecular weight is 413 g/mol. The number of hydrogen-bond acceptors (Lipinski definition) is 4. The minimum absolute atomic E-state index is 0.0925. The van der Waals surface area contributed by atoms with Crippen molar-refractivity contribution in [2.24, 2.45) is 0 Å². The van der Waals surface area contributed by atoms with Crippen LogP contribution in [0.15, 0.2) is 84.4 Å². The first-order chi connectivity index (χ1) is 15.0. The van der Waals surface area contributed by atoms with E-state index in [0.29, 0.717) is 11.3 Å². The number of carbonyl (C=O) groups is 2. The molecule has 0 unspecified atom stereocenters. The van der Waals surface area contributed by atoms with Crippen molar-refractivity contribution < 1.29 is 19.4 Å². The summed E-state index contributed by atoms with van der Waals surface area (Å²) in [5, 5.41) is 11.1. The third-order valence-electron chi connectivity index (χ3n) is 5.49. The molecule has 1 aliphatic rings. The first kappa shape index (κ1) is 20.4. The highest BCUT2D eigenvalue weighted by atomic mass is 16.5. The summed E-state index contributed by atoms with van der Waals surface area (Å²) in [4.78, 5) is 27.6. The first-order valence-corrected chi connectivity index (χ1v) is 10.0. The van der Waals surface area contributed by atoms with Crippen LogP contribution >= 0.6 is 0 Å². The summed E-state index contributed by atoms with van der Waals surface area (Å²) >= 11 is 0. The lowest BCUT2D eigenvalue weighted by molar-refractivity contribution is -0.140. The molecule has 0 bridgehead atoms. The van der Waals surface area contributed by atoms with Gasteiger partial charge in [-0.2, -0.15) is 0 Å². The van der Waals surface area contributed by atoms with Gasteiger partial charge in [-0.25, -0.2) is 0 Å². The largest absolute Gasteiger partial charge is 0.507 e. The second-order valence-corrected chi connectivity index (χ2v) is 7.55. The van der Waals surface area contributed by atoms with Gasteiger partial charge in [0.2, 0.25) is 0 Å². The number of rotatable bonds is 5. The molecule has 0 aromatic heterocycles. The Labute approximate surface area is 181 Å². The second-order valence-electron chi connectivity index (χ2n) is 7.55. The Morgan fingerprint density at radius 3 is 2.19 bits per heavy atom. The van der Waals surface area contributed by atoms with Crippen LogP contribution in [-0.2, 0) is 16.1 Å². The zero-order chi connectivity index (χ0) is 22.0. The molecular weight excluding hydrogens is 390 g/mol. The maximum absolute atomic E-state index is 13.1. The standard InChI is InChI=1S/C26H23NO4/c1-17-8-10-20(11-9-17)24(28)22-23(19-12-14-21(31-2)15-13-19)27(26(30)25(22)29)16-18-6-4-3-5-7-18/h3-15,23,28H,16H2,1-2H3/b24-22+/t23-/m0/s1. The third kappa shape index (κ3) is 3.94. The molecule has 5 heteroatoms. The van der Waals surface area contributed by atoms with Gasteiger partial charge in [-0.3, -0.25) is 9.59 Å². The van der Waals surface area contributed by atoms with Gasteiger partial charge >= 0.3 is 0 Å². The van der Waals surface area contributed by atoms with E-state index in [2.05, 4.69) is 0 Å². The van der Waals surface area contributed by atoms with Crippen molar-refractivity contribution in [2.45, 2.75) is 19.5 Å². The second kappa shape index (κ2) is 8.48. The molecule has 1 heterocycles.